The van der Waals surface area contributed by atoms with Crippen molar-refractivity contribution < 1.29 is 19.1 Å². The van der Waals surface area contributed by atoms with Gasteiger partial charge in [0, 0.05) is 4.88 Å². The summed E-state index contributed by atoms with van der Waals surface area (Å²) >= 11 is 2.77. The lowest BCUT2D eigenvalue weighted by Gasteiger charge is -2.16. The zero-order valence-electron chi connectivity index (χ0n) is 14.1. The number of benzene rings is 1. The summed E-state index contributed by atoms with van der Waals surface area (Å²) in [4.78, 5) is 26.6. The van der Waals surface area contributed by atoms with Crippen LogP contribution in [0.4, 0.5) is 0 Å². The fourth-order valence-corrected chi connectivity index (χ4v) is 4.86. The smallest absolute Gasteiger partial charge is 0.348 e. The van der Waals surface area contributed by atoms with Gasteiger partial charge in [-0.25, -0.2) is 4.79 Å². The van der Waals surface area contributed by atoms with Crippen LogP contribution >= 0.6 is 22.7 Å². The predicted molar refractivity (Wildman–Crippen MR) is 103 cm³/mol. The minimum atomic E-state index is -0.440. The molecule has 1 aliphatic carbocycles. The average Bonchev–Trinajstić information content (AvgIpc) is 3.34. The summed E-state index contributed by atoms with van der Waals surface area (Å²) in [5, 5.41) is 1.83. The highest BCUT2D eigenvalue weighted by atomic mass is 32.1. The molecule has 0 bridgehead atoms. The maximum Gasteiger partial charge on any atom is 0.348 e. The van der Waals surface area contributed by atoms with Crippen LogP contribution in [0.2, 0.25) is 0 Å². The van der Waals surface area contributed by atoms with Gasteiger partial charge in [0.25, 0.3) is 0 Å². The van der Waals surface area contributed by atoms with Crippen LogP contribution in [0.15, 0.2) is 41.8 Å². The monoisotopic (exact) mass is 384 g/mol. The Morgan fingerprint density at radius 2 is 1.92 bits per heavy atom. The highest BCUT2D eigenvalue weighted by Gasteiger charge is 2.23. The Morgan fingerprint density at radius 3 is 2.69 bits per heavy atom. The van der Waals surface area contributed by atoms with Gasteiger partial charge in [-0.2, -0.15) is 0 Å². The van der Waals surface area contributed by atoms with Crippen molar-refractivity contribution in [3.8, 4) is 16.2 Å². The minimum absolute atomic E-state index is 0.174. The number of aryl methyl sites for hydroxylation is 2. The summed E-state index contributed by atoms with van der Waals surface area (Å²) in [6.07, 6.45) is 1.80. The maximum absolute atomic E-state index is 12.4. The highest BCUT2D eigenvalue weighted by Crippen LogP contribution is 2.41. The number of esters is 1. The van der Waals surface area contributed by atoms with Crippen LogP contribution in [0, 0.1) is 0 Å². The molecule has 0 spiro atoms. The van der Waals surface area contributed by atoms with Crippen LogP contribution < -0.4 is 4.74 Å². The number of hydrogen-bond donors (Lipinski definition) is 0. The molecule has 0 fully saturated rings. The first-order valence-electron chi connectivity index (χ1n) is 8.19. The summed E-state index contributed by atoms with van der Waals surface area (Å²) in [7, 11) is 1.66. The Morgan fingerprint density at radius 1 is 1.08 bits per heavy atom. The molecule has 26 heavy (non-hydrogen) atoms. The molecule has 2 aromatic heterocycles. The largest absolute Gasteiger partial charge is 0.497 e. The SMILES string of the molecule is COc1ccc2c(c1)CCc1cc(C(=O)OCC(=O)c3cccs3)sc1-2. The van der Waals surface area contributed by atoms with Gasteiger partial charge in [0.1, 0.15) is 10.6 Å². The van der Waals surface area contributed by atoms with E-state index in [1.165, 1.54) is 28.2 Å². The van der Waals surface area contributed by atoms with Crippen molar-refractivity contribution in [2.45, 2.75) is 12.8 Å². The summed E-state index contributed by atoms with van der Waals surface area (Å²) in [6, 6.07) is 11.5. The molecule has 1 aromatic carbocycles. The van der Waals surface area contributed by atoms with E-state index >= 15 is 0 Å². The fourth-order valence-electron chi connectivity index (χ4n) is 3.05. The number of rotatable bonds is 5. The van der Waals surface area contributed by atoms with Gasteiger partial charge in [0.05, 0.1) is 12.0 Å². The average molecular weight is 384 g/mol. The van der Waals surface area contributed by atoms with Crippen LogP contribution in [0.1, 0.15) is 30.5 Å². The van der Waals surface area contributed by atoms with E-state index in [1.54, 1.807) is 19.2 Å². The Hall–Kier alpha value is -2.44. The van der Waals surface area contributed by atoms with E-state index in [9.17, 15) is 9.59 Å². The van der Waals surface area contributed by atoms with Crippen LogP contribution in [-0.4, -0.2) is 25.5 Å². The second kappa shape index (κ2) is 7.05. The lowest BCUT2D eigenvalue weighted by molar-refractivity contribution is 0.0480. The number of methoxy groups -OCH3 is 1. The molecule has 0 amide bonds. The molecule has 0 saturated heterocycles. The minimum Gasteiger partial charge on any atom is -0.497 e. The van der Waals surface area contributed by atoms with Gasteiger partial charge in [-0.1, -0.05) is 6.07 Å². The van der Waals surface area contributed by atoms with Crippen molar-refractivity contribution in [1.82, 2.24) is 0 Å². The first-order chi connectivity index (χ1) is 12.7. The van der Waals surface area contributed by atoms with E-state index in [1.807, 2.05) is 23.6 Å². The Bertz CT molecular complexity index is 970. The van der Waals surface area contributed by atoms with Crippen molar-refractivity contribution in [1.29, 1.82) is 0 Å². The van der Waals surface area contributed by atoms with E-state index in [2.05, 4.69) is 6.07 Å². The van der Waals surface area contributed by atoms with E-state index in [-0.39, 0.29) is 12.4 Å². The predicted octanol–water partition coefficient (Wildman–Crippen LogP) is 4.62. The lowest BCUT2D eigenvalue weighted by Crippen LogP contribution is -2.12. The van der Waals surface area contributed by atoms with Gasteiger partial charge in [0.15, 0.2) is 6.61 Å². The number of fused-ring (bicyclic) bond motifs is 3. The molecule has 4 rings (SSSR count). The van der Waals surface area contributed by atoms with Crippen LogP contribution in [0.3, 0.4) is 0 Å². The third-order valence-electron chi connectivity index (χ3n) is 4.36. The van der Waals surface area contributed by atoms with E-state index in [4.69, 9.17) is 9.47 Å². The summed E-state index contributed by atoms with van der Waals surface area (Å²) in [5.41, 5.74) is 3.53. The molecule has 6 heteroatoms. The summed E-state index contributed by atoms with van der Waals surface area (Å²) < 4.78 is 10.5. The zero-order valence-corrected chi connectivity index (χ0v) is 15.7. The molecular formula is C20H16O4S2. The third kappa shape index (κ3) is 3.18. The van der Waals surface area contributed by atoms with E-state index in [0.717, 1.165) is 34.6 Å². The maximum atomic E-state index is 12.4. The molecule has 0 aliphatic heterocycles. The van der Waals surface area contributed by atoms with Crippen molar-refractivity contribution in [3.05, 3.63) is 62.7 Å². The van der Waals surface area contributed by atoms with Gasteiger partial charge in [0.2, 0.25) is 5.78 Å². The van der Waals surface area contributed by atoms with E-state index in [0.29, 0.717) is 9.75 Å². The second-order valence-corrected chi connectivity index (χ2v) is 7.96. The Balaban J connectivity index is 1.52. The van der Waals surface area contributed by atoms with Gasteiger partial charge >= 0.3 is 5.97 Å². The number of thiophene rings is 2. The summed E-state index contributed by atoms with van der Waals surface area (Å²) in [6.45, 7) is -0.226. The first kappa shape index (κ1) is 17.0. The second-order valence-electron chi connectivity index (χ2n) is 5.96. The molecular weight excluding hydrogens is 368 g/mol. The van der Waals surface area contributed by atoms with Gasteiger partial charge in [-0.15, -0.1) is 22.7 Å². The molecule has 0 radical (unpaired) electrons. The quantitative estimate of drug-likeness (QED) is 0.476. The summed E-state index contributed by atoms with van der Waals surface area (Å²) in [5.74, 6) is 0.229. The van der Waals surface area contributed by atoms with Crippen molar-refractivity contribution in [3.63, 3.8) is 0 Å². The molecule has 132 valence electrons. The fraction of sp³-hybridized carbons (Fsp3) is 0.200. The molecule has 0 atom stereocenters. The number of ketones is 1. The number of hydrogen-bond acceptors (Lipinski definition) is 6. The highest BCUT2D eigenvalue weighted by molar-refractivity contribution is 7.17. The molecule has 3 aromatic rings. The Labute approximate surface area is 159 Å². The van der Waals surface area contributed by atoms with Crippen molar-refractivity contribution in [2.75, 3.05) is 13.7 Å². The molecule has 0 N–H and O–H groups in total. The standard InChI is InChI=1S/C20H16O4S2/c1-23-14-6-7-15-12(9-14)4-5-13-10-18(26-19(13)15)20(22)24-11-16(21)17-3-2-8-25-17/h2-3,6-10H,4-5,11H2,1H3. The molecule has 0 saturated carbocycles. The third-order valence-corrected chi connectivity index (χ3v) is 6.46. The zero-order chi connectivity index (χ0) is 18.1. The normalized spacial score (nSPS) is 12.2. The number of carbonyl (C=O) groups is 2. The van der Waals surface area contributed by atoms with Crippen molar-refractivity contribution in [2.24, 2.45) is 0 Å². The number of carbonyl (C=O) groups excluding carboxylic acids is 2. The lowest BCUT2D eigenvalue weighted by atomic mass is 9.91. The first-order valence-corrected chi connectivity index (χ1v) is 9.89. The molecule has 1 aliphatic rings. The van der Waals surface area contributed by atoms with Crippen molar-refractivity contribution >= 4 is 34.4 Å². The number of Topliss-reactive ketones (excluding diaryl/α,β-unsaturated/α-hetero) is 1. The molecule has 4 nitrogen and oxygen atoms in total. The van der Waals surface area contributed by atoms with Gasteiger partial charge in [-0.3, -0.25) is 4.79 Å². The van der Waals surface area contributed by atoms with E-state index < -0.39 is 5.97 Å². The Kier molecular flexibility index (Phi) is 4.61. The van der Waals surface area contributed by atoms with Gasteiger partial charge < -0.3 is 9.47 Å². The number of ether oxygens (including phenoxy) is 2. The molecule has 0 unspecified atom stereocenters. The van der Waals surface area contributed by atoms with Crippen LogP contribution in [-0.2, 0) is 17.6 Å². The topological polar surface area (TPSA) is 52.6 Å². The molecule has 2 heterocycles. The van der Waals surface area contributed by atoms with Crippen LogP contribution in [0.5, 0.6) is 5.75 Å². The van der Waals surface area contributed by atoms with Gasteiger partial charge in [-0.05, 0) is 65.2 Å². The van der Waals surface area contributed by atoms with Crippen LogP contribution in [0.25, 0.3) is 10.4 Å².